The van der Waals surface area contributed by atoms with Gasteiger partial charge in [-0.3, -0.25) is 0 Å². The van der Waals surface area contributed by atoms with E-state index in [1.807, 2.05) is 30.8 Å². The Morgan fingerprint density at radius 2 is 2.28 bits per heavy atom. The second kappa shape index (κ2) is 5.12. The molecule has 2 rings (SSSR count). The van der Waals surface area contributed by atoms with Gasteiger partial charge in [0.1, 0.15) is 23.3 Å². The van der Waals surface area contributed by atoms with E-state index in [-0.39, 0.29) is 6.04 Å². The van der Waals surface area contributed by atoms with E-state index in [1.54, 1.807) is 6.92 Å². The lowest BCUT2D eigenvalue weighted by molar-refractivity contribution is 0.599. The van der Waals surface area contributed by atoms with E-state index >= 15 is 0 Å². The van der Waals surface area contributed by atoms with Crippen molar-refractivity contribution in [1.29, 1.82) is 0 Å². The number of fused-ring (bicyclic) bond motifs is 1. The van der Waals surface area contributed by atoms with Crippen molar-refractivity contribution in [3.05, 3.63) is 23.0 Å². The molecule has 2 aromatic heterocycles. The van der Waals surface area contributed by atoms with Gasteiger partial charge in [-0.15, -0.1) is 0 Å². The topological polar surface area (TPSA) is 72.2 Å². The van der Waals surface area contributed by atoms with Crippen molar-refractivity contribution < 1.29 is 0 Å². The minimum atomic E-state index is -0.265. The van der Waals surface area contributed by atoms with Crippen LogP contribution in [0.15, 0.2) is 17.4 Å². The largest absolute Gasteiger partial charge is 0.372 e. The van der Waals surface area contributed by atoms with Crippen molar-refractivity contribution >= 4 is 16.9 Å². The van der Waals surface area contributed by atoms with Crippen LogP contribution in [0, 0.1) is 4.91 Å². The summed E-state index contributed by atoms with van der Waals surface area (Å²) in [4.78, 5) is 19.5. The zero-order valence-electron chi connectivity index (χ0n) is 10.8. The molecule has 0 unspecified atom stereocenters. The molecule has 0 saturated heterocycles. The molecule has 96 valence electrons. The Morgan fingerprint density at radius 1 is 1.50 bits per heavy atom. The zero-order chi connectivity index (χ0) is 13.1. The number of hydrogen-bond acceptors (Lipinski definition) is 5. The number of nitroso groups, excluding NO2 is 1. The summed E-state index contributed by atoms with van der Waals surface area (Å²) in [6.45, 7) is 4.35. The van der Waals surface area contributed by atoms with Crippen molar-refractivity contribution in [3.8, 4) is 0 Å². The molecule has 1 N–H and O–H groups in total. The highest BCUT2D eigenvalue weighted by Crippen LogP contribution is 2.21. The van der Waals surface area contributed by atoms with Crippen LogP contribution in [0.1, 0.15) is 19.7 Å². The van der Waals surface area contributed by atoms with Gasteiger partial charge in [-0.1, -0.05) is 12.1 Å². The summed E-state index contributed by atoms with van der Waals surface area (Å²) in [5.41, 5.74) is 0.849. The van der Waals surface area contributed by atoms with Crippen LogP contribution in [0.4, 0.5) is 5.82 Å². The SMILES string of the molecule is CCc1nc(NC)c2ccn(C[C@@H](C)N=O)c2n1. The average molecular weight is 247 g/mol. The first-order valence-corrected chi connectivity index (χ1v) is 6.05. The molecule has 0 spiro atoms. The van der Waals surface area contributed by atoms with Crippen LogP contribution >= 0.6 is 0 Å². The monoisotopic (exact) mass is 247 g/mol. The van der Waals surface area contributed by atoms with E-state index in [1.165, 1.54) is 0 Å². The Kier molecular flexibility index (Phi) is 3.55. The Hall–Kier alpha value is -1.98. The molecular weight excluding hydrogens is 230 g/mol. The third-order valence-corrected chi connectivity index (χ3v) is 2.86. The van der Waals surface area contributed by atoms with Crippen LogP contribution in [-0.4, -0.2) is 27.6 Å². The summed E-state index contributed by atoms with van der Waals surface area (Å²) < 4.78 is 1.95. The lowest BCUT2D eigenvalue weighted by Gasteiger charge is -2.08. The molecule has 1 atom stereocenters. The van der Waals surface area contributed by atoms with E-state index in [4.69, 9.17) is 0 Å². The van der Waals surface area contributed by atoms with Gasteiger partial charge >= 0.3 is 0 Å². The number of aromatic nitrogens is 3. The highest BCUT2D eigenvalue weighted by Gasteiger charge is 2.12. The Morgan fingerprint density at radius 3 is 2.89 bits per heavy atom. The molecule has 2 heterocycles. The third-order valence-electron chi connectivity index (χ3n) is 2.86. The summed E-state index contributed by atoms with van der Waals surface area (Å²) in [7, 11) is 1.84. The van der Waals surface area contributed by atoms with Crippen LogP contribution in [-0.2, 0) is 13.0 Å². The van der Waals surface area contributed by atoms with Crippen LogP contribution in [0.5, 0.6) is 0 Å². The number of rotatable bonds is 5. The van der Waals surface area contributed by atoms with Gasteiger partial charge in [0.15, 0.2) is 0 Å². The molecule has 0 amide bonds. The highest BCUT2D eigenvalue weighted by atomic mass is 16.3. The summed E-state index contributed by atoms with van der Waals surface area (Å²) in [6.07, 6.45) is 2.69. The van der Waals surface area contributed by atoms with Crippen molar-refractivity contribution in [2.24, 2.45) is 5.18 Å². The van der Waals surface area contributed by atoms with Crippen LogP contribution in [0.3, 0.4) is 0 Å². The van der Waals surface area contributed by atoms with Crippen LogP contribution < -0.4 is 5.32 Å². The van der Waals surface area contributed by atoms with Crippen molar-refractivity contribution in [1.82, 2.24) is 14.5 Å². The second-order valence-corrected chi connectivity index (χ2v) is 4.25. The lowest BCUT2D eigenvalue weighted by atomic mass is 10.3. The Labute approximate surface area is 105 Å². The summed E-state index contributed by atoms with van der Waals surface area (Å²) in [5, 5.41) is 7.07. The fourth-order valence-electron chi connectivity index (χ4n) is 1.92. The van der Waals surface area contributed by atoms with Gasteiger partial charge in [-0.2, -0.15) is 4.91 Å². The number of anilines is 1. The third kappa shape index (κ3) is 2.18. The summed E-state index contributed by atoms with van der Waals surface area (Å²) in [6, 6.07) is 1.69. The maximum atomic E-state index is 10.5. The highest BCUT2D eigenvalue weighted by molar-refractivity contribution is 5.87. The molecule has 0 fully saturated rings. The van der Waals surface area contributed by atoms with Crippen LogP contribution in [0.25, 0.3) is 11.0 Å². The summed E-state index contributed by atoms with van der Waals surface area (Å²) in [5.74, 6) is 1.61. The average Bonchev–Trinajstić information content (AvgIpc) is 2.80. The molecule has 6 nitrogen and oxygen atoms in total. The van der Waals surface area contributed by atoms with Gasteiger partial charge < -0.3 is 9.88 Å². The quantitative estimate of drug-likeness (QED) is 0.822. The van der Waals surface area contributed by atoms with E-state index in [2.05, 4.69) is 20.5 Å². The van der Waals surface area contributed by atoms with Crippen LogP contribution in [0.2, 0.25) is 0 Å². The number of nitrogens with zero attached hydrogens (tertiary/aromatic N) is 4. The standard InChI is InChI=1S/C12H17N5O/c1-4-10-14-11(13-3)9-5-6-17(12(9)15-10)7-8(2)16-18/h5-6,8H,4,7H2,1-3H3,(H,13,14,15)/t8-/m1/s1. The first-order valence-electron chi connectivity index (χ1n) is 6.05. The van der Waals surface area contributed by atoms with E-state index in [0.29, 0.717) is 6.54 Å². The minimum Gasteiger partial charge on any atom is -0.372 e. The van der Waals surface area contributed by atoms with Gasteiger partial charge in [-0.25, -0.2) is 9.97 Å². The van der Waals surface area contributed by atoms with Crippen molar-refractivity contribution in [3.63, 3.8) is 0 Å². The molecule has 0 aliphatic carbocycles. The molecule has 18 heavy (non-hydrogen) atoms. The fraction of sp³-hybridized carbons (Fsp3) is 0.500. The molecule has 0 aliphatic rings. The maximum Gasteiger partial charge on any atom is 0.145 e. The number of aryl methyl sites for hydroxylation is 1. The predicted octanol–water partition coefficient (Wildman–Crippen LogP) is 2.19. The minimum absolute atomic E-state index is 0.265. The number of nitrogens with one attached hydrogen (secondary N) is 1. The van der Waals surface area contributed by atoms with Gasteiger partial charge in [0.25, 0.3) is 0 Å². The lowest BCUT2D eigenvalue weighted by Crippen LogP contribution is -2.10. The zero-order valence-corrected chi connectivity index (χ0v) is 10.8. The normalized spacial score (nSPS) is 12.6. The molecule has 0 aromatic carbocycles. The molecule has 0 radical (unpaired) electrons. The predicted molar refractivity (Wildman–Crippen MR) is 71.7 cm³/mol. The molecule has 6 heteroatoms. The first kappa shape index (κ1) is 12.5. The van der Waals surface area contributed by atoms with Gasteiger partial charge in [0, 0.05) is 26.2 Å². The van der Waals surface area contributed by atoms with E-state index in [9.17, 15) is 4.91 Å². The molecule has 0 aliphatic heterocycles. The molecule has 0 bridgehead atoms. The van der Waals surface area contributed by atoms with Gasteiger partial charge in [-0.05, 0) is 13.0 Å². The van der Waals surface area contributed by atoms with Crippen molar-refractivity contribution in [2.45, 2.75) is 32.9 Å². The molecular formula is C12H17N5O. The fourth-order valence-corrected chi connectivity index (χ4v) is 1.92. The summed E-state index contributed by atoms with van der Waals surface area (Å²) >= 11 is 0. The van der Waals surface area contributed by atoms with E-state index in [0.717, 1.165) is 29.1 Å². The molecule has 2 aromatic rings. The van der Waals surface area contributed by atoms with Crippen molar-refractivity contribution in [2.75, 3.05) is 12.4 Å². The first-order chi connectivity index (χ1) is 8.69. The molecule has 0 saturated carbocycles. The Balaban J connectivity index is 2.53. The second-order valence-electron chi connectivity index (χ2n) is 4.25. The number of hydrogen-bond donors (Lipinski definition) is 1. The smallest absolute Gasteiger partial charge is 0.145 e. The van der Waals surface area contributed by atoms with Gasteiger partial charge in [0.05, 0.1) is 5.39 Å². The van der Waals surface area contributed by atoms with E-state index < -0.39 is 0 Å². The van der Waals surface area contributed by atoms with Gasteiger partial charge in [0.2, 0.25) is 0 Å². The Bertz CT molecular complexity index is 563. The maximum absolute atomic E-state index is 10.5.